The van der Waals surface area contributed by atoms with Crippen molar-refractivity contribution in [1.82, 2.24) is 30.6 Å². The first-order valence-corrected chi connectivity index (χ1v) is 7.63. The number of nitrogens with one attached hydrogen (secondary N) is 2. The number of nitrogens with zero attached hydrogens (tertiary/aromatic N) is 5. The third-order valence-electron chi connectivity index (χ3n) is 3.57. The molecule has 0 bridgehead atoms. The Morgan fingerprint density at radius 1 is 1.16 bits per heavy atom. The molecule has 0 saturated carbocycles. The molecule has 0 atom stereocenters. The van der Waals surface area contributed by atoms with Gasteiger partial charge in [-0.1, -0.05) is 11.2 Å². The monoisotopic (exact) mass is 335 g/mol. The van der Waals surface area contributed by atoms with Gasteiger partial charge >= 0.3 is 0 Å². The molecular formula is C16H13N7O2. The second-order valence-electron chi connectivity index (χ2n) is 5.18. The van der Waals surface area contributed by atoms with Crippen molar-refractivity contribution in [3.05, 3.63) is 42.0 Å². The van der Waals surface area contributed by atoms with Gasteiger partial charge in [-0.15, -0.1) is 0 Å². The standard InChI is InChI=1S/C16H13N7O2/c1-2-25-9-6-7-11-13(8-9)17-12-5-3-4-10(14(12)18-11)15(24)19-16-20-22-23-21-16/h3-8H,2H2,1H3,(H2,19,20,21,22,23,24). The van der Waals surface area contributed by atoms with E-state index in [1.54, 1.807) is 12.1 Å². The average molecular weight is 335 g/mol. The quantitative estimate of drug-likeness (QED) is 0.547. The van der Waals surface area contributed by atoms with Crippen LogP contribution in [0.25, 0.3) is 22.1 Å². The van der Waals surface area contributed by atoms with Crippen molar-refractivity contribution in [1.29, 1.82) is 0 Å². The first-order valence-electron chi connectivity index (χ1n) is 7.63. The minimum atomic E-state index is -0.372. The molecule has 0 aliphatic carbocycles. The SMILES string of the molecule is CCOc1ccc2nc3c(C(=O)Nc4nnn[nH]4)cccc3nc2c1. The van der Waals surface area contributed by atoms with Crippen molar-refractivity contribution in [3.63, 3.8) is 0 Å². The largest absolute Gasteiger partial charge is 0.494 e. The highest BCUT2D eigenvalue weighted by Gasteiger charge is 2.14. The van der Waals surface area contributed by atoms with Crippen LogP contribution in [0, 0.1) is 0 Å². The summed E-state index contributed by atoms with van der Waals surface area (Å²) in [6.07, 6.45) is 0. The van der Waals surface area contributed by atoms with E-state index in [2.05, 4.69) is 35.9 Å². The van der Waals surface area contributed by atoms with Crippen molar-refractivity contribution in [2.45, 2.75) is 6.92 Å². The topological polar surface area (TPSA) is 119 Å². The van der Waals surface area contributed by atoms with Crippen LogP contribution in [0.15, 0.2) is 36.4 Å². The second-order valence-corrected chi connectivity index (χ2v) is 5.18. The predicted molar refractivity (Wildman–Crippen MR) is 90.3 cm³/mol. The molecule has 0 aliphatic heterocycles. The van der Waals surface area contributed by atoms with E-state index in [9.17, 15) is 4.79 Å². The van der Waals surface area contributed by atoms with Crippen LogP contribution in [0.5, 0.6) is 5.75 Å². The number of amides is 1. The molecule has 2 aromatic carbocycles. The van der Waals surface area contributed by atoms with Gasteiger partial charge in [-0.05, 0) is 41.6 Å². The summed E-state index contributed by atoms with van der Waals surface area (Å²) < 4.78 is 5.49. The van der Waals surface area contributed by atoms with E-state index in [-0.39, 0.29) is 11.9 Å². The third-order valence-corrected chi connectivity index (χ3v) is 3.57. The Balaban J connectivity index is 1.80. The fourth-order valence-corrected chi connectivity index (χ4v) is 2.50. The van der Waals surface area contributed by atoms with Gasteiger partial charge < -0.3 is 4.74 Å². The Bertz CT molecular complexity index is 1060. The van der Waals surface area contributed by atoms with Gasteiger partial charge in [0.15, 0.2) is 0 Å². The summed E-state index contributed by atoms with van der Waals surface area (Å²) in [5, 5.41) is 15.5. The van der Waals surface area contributed by atoms with E-state index in [1.807, 2.05) is 31.2 Å². The fraction of sp³-hybridized carbons (Fsp3) is 0.125. The Labute approximate surface area is 141 Å². The lowest BCUT2D eigenvalue weighted by Crippen LogP contribution is -2.14. The van der Waals surface area contributed by atoms with Crippen LogP contribution >= 0.6 is 0 Å². The smallest absolute Gasteiger partial charge is 0.260 e. The lowest BCUT2D eigenvalue weighted by molar-refractivity contribution is 0.102. The van der Waals surface area contributed by atoms with E-state index in [1.165, 1.54) is 0 Å². The predicted octanol–water partition coefficient (Wildman–Crippen LogP) is 1.95. The normalized spacial score (nSPS) is 10.9. The van der Waals surface area contributed by atoms with Crippen molar-refractivity contribution in [2.24, 2.45) is 0 Å². The van der Waals surface area contributed by atoms with E-state index in [4.69, 9.17) is 4.74 Å². The molecule has 1 amide bonds. The first kappa shape index (κ1) is 14.9. The zero-order valence-electron chi connectivity index (χ0n) is 13.2. The van der Waals surface area contributed by atoms with Crippen molar-refractivity contribution in [3.8, 4) is 5.75 Å². The maximum absolute atomic E-state index is 12.5. The molecule has 0 aliphatic rings. The molecule has 124 valence electrons. The van der Waals surface area contributed by atoms with Gasteiger partial charge in [0, 0.05) is 6.07 Å². The van der Waals surface area contributed by atoms with Crippen LogP contribution in [0.2, 0.25) is 0 Å². The summed E-state index contributed by atoms with van der Waals surface area (Å²) in [6, 6.07) is 10.7. The van der Waals surface area contributed by atoms with Crippen LogP contribution in [-0.2, 0) is 0 Å². The summed E-state index contributed by atoms with van der Waals surface area (Å²) in [4.78, 5) is 21.7. The van der Waals surface area contributed by atoms with E-state index in [0.717, 1.165) is 5.75 Å². The Morgan fingerprint density at radius 3 is 2.88 bits per heavy atom. The molecule has 2 aromatic heterocycles. The van der Waals surface area contributed by atoms with Crippen LogP contribution in [0.1, 0.15) is 17.3 Å². The summed E-state index contributed by atoms with van der Waals surface area (Å²) in [7, 11) is 0. The van der Waals surface area contributed by atoms with Gasteiger partial charge in [0.1, 0.15) is 11.3 Å². The second kappa shape index (κ2) is 6.11. The number of tetrazole rings is 1. The third kappa shape index (κ3) is 2.82. The molecule has 0 saturated heterocycles. The van der Waals surface area contributed by atoms with Gasteiger partial charge in [-0.3, -0.25) is 10.1 Å². The summed E-state index contributed by atoms with van der Waals surface area (Å²) >= 11 is 0. The molecule has 4 rings (SSSR count). The van der Waals surface area contributed by atoms with Crippen LogP contribution in [0.3, 0.4) is 0 Å². The maximum Gasteiger partial charge on any atom is 0.260 e. The summed E-state index contributed by atoms with van der Waals surface area (Å²) in [5.74, 6) is 0.524. The highest BCUT2D eigenvalue weighted by molar-refractivity contribution is 6.11. The zero-order valence-corrected chi connectivity index (χ0v) is 13.2. The molecule has 2 N–H and O–H groups in total. The molecule has 2 heterocycles. The number of carbonyl (C=O) groups excluding carboxylic acids is 1. The number of anilines is 1. The zero-order chi connectivity index (χ0) is 17.2. The number of aromatic amines is 1. The first-order chi connectivity index (χ1) is 12.2. The van der Waals surface area contributed by atoms with Crippen LogP contribution < -0.4 is 10.1 Å². The molecule has 9 heteroatoms. The van der Waals surface area contributed by atoms with Gasteiger partial charge in [0.2, 0.25) is 5.95 Å². The molecule has 0 fully saturated rings. The van der Waals surface area contributed by atoms with Crippen LogP contribution in [-0.4, -0.2) is 43.1 Å². The van der Waals surface area contributed by atoms with Crippen molar-refractivity contribution >= 4 is 33.9 Å². The fourth-order valence-electron chi connectivity index (χ4n) is 2.50. The minimum Gasteiger partial charge on any atom is -0.494 e. The lowest BCUT2D eigenvalue weighted by atomic mass is 10.1. The number of rotatable bonds is 4. The number of para-hydroxylation sites is 1. The summed E-state index contributed by atoms with van der Waals surface area (Å²) in [6.45, 7) is 2.50. The molecule has 9 nitrogen and oxygen atoms in total. The van der Waals surface area contributed by atoms with Crippen molar-refractivity contribution < 1.29 is 9.53 Å². The van der Waals surface area contributed by atoms with Crippen molar-refractivity contribution in [2.75, 3.05) is 11.9 Å². The average Bonchev–Trinajstić information content (AvgIpc) is 3.12. The Morgan fingerprint density at radius 2 is 2.08 bits per heavy atom. The summed E-state index contributed by atoms with van der Waals surface area (Å²) in [5.41, 5.74) is 2.89. The van der Waals surface area contributed by atoms with Crippen LogP contribution in [0.4, 0.5) is 5.95 Å². The Hall–Kier alpha value is -3.62. The van der Waals surface area contributed by atoms with E-state index < -0.39 is 0 Å². The number of ether oxygens (including phenoxy) is 1. The number of carbonyl (C=O) groups is 1. The Kier molecular flexibility index (Phi) is 3.65. The molecular weight excluding hydrogens is 322 g/mol. The maximum atomic E-state index is 12.5. The number of benzene rings is 2. The molecule has 0 unspecified atom stereocenters. The number of aromatic nitrogens is 6. The van der Waals surface area contributed by atoms with E-state index in [0.29, 0.717) is 34.2 Å². The lowest BCUT2D eigenvalue weighted by Gasteiger charge is -2.08. The number of H-pyrrole nitrogens is 1. The van der Waals surface area contributed by atoms with Gasteiger partial charge in [-0.2, -0.15) is 0 Å². The highest BCUT2D eigenvalue weighted by atomic mass is 16.5. The minimum absolute atomic E-state index is 0.164. The molecule has 0 spiro atoms. The van der Waals surface area contributed by atoms with Gasteiger partial charge in [0.25, 0.3) is 5.91 Å². The number of hydrogen-bond donors (Lipinski definition) is 2. The molecule has 0 radical (unpaired) electrons. The van der Waals surface area contributed by atoms with Gasteiger partial charge in [0.05, 0.1) is 28.7 Å². The molecule has 4 aromatic rings. The number of fused-ring (bicyclic) bond motifs is 2. The number of hydrogen-bond acceptors (Lipinski definition) is 7. The molecule has 25 heavy (non-hydrogen) atoms. The van der Waals surface area contributed by atoms with E-state index >= 15 is 0 Å². The highest BCUT2D eigenvalue weighted by Crippen LogP contribution is 2.23. The van der Waals surface area contributed by atoms with Gasteiger partial charge in [-0.25, -0.2) is 15.1 Å².